The van der Waals surface area contributed by atoms with E-state index in [2.05, 4.69) is 47.9 Å². The number of hydrogen-bond donors (Lipinski definition) is 3. The molecule has 3 N–H and O–H groups in total. The third-order valence-electron chi connectivity index (χ3n) is 3.98. The molecule has 0 bridgehead atoms. The fraction of sp³-hybridized carbons (Fsp3) is 0.471. The number of aromatic amines is 2. The number of carbonyl (C=O) groups excluding carboxylic acids is 1. The Morgan fingerprint density at radius 1 is 1.21 bits per heavy atom. The second-order valence-corrected chi connectivity index (χ2v) is 6.76. The van der Waals surface area contributed by atoms with Crippen LogP contribution in [0, 0.1) is 4.77 Å². The molecule has 7 heteroatoms. The summed E-state index contributed by atoms with van der Waals surface area (Å²) in [5.74, 6) is -0.163. The molecule has 24 heavy (non-hydrogen) atoms. The van der Waals surface area contributed by atoms with Crippen molar-refractivity contribution < 1.29 is 4.79 Å². The van der Waals surface area contributed by atoms with Crippen LogP contribution in [0.25, 0.3) is 10.9 Å². The van der Waals surface area contributed by atoms with Gasteiger partial charge in [0.1, 0.15) is 0 Å². The second kappa shape index (κ2) is 7.72. The van der Waals surface area contributed by atoms with Gasteiger partial charge in [-0.2, -0.15) is 0 Å². The highest BCUT2D eigenvalue weighted by Crippen LogP contribution is 2.10. The Bertz CT molecular complexity index is 830. The molecule has 0 saturated carbocycles. The lowest BCUT2D eigenvalue weighted by atomic mass is 10.1. The van der Waals surface area contributed by atoms with Crippen LogP contribution in [-0.4, -0.2) is 45.9 Å². The lowest BCUT2D eigenvalue weighted by Gasteiger charge is -2.30. The predicted octanol–water partition coefficient (Wildman–Crippen LogP) is 2.43. The average Bonchev–Trinajstić information content (AvgIpc) is 2.49. The number of fused-ring (bicyclic) bond motifs is 1. The number of aromatic nitrogens is 2. The van der Waals surface area contributed by atoms with Crippen LogP contribution in [0.4, 0.5) is 0 Å². The largest absolute Gasteiger partial charge is 0.351 e. The first kappa shape index (κ1) is 18.4. The zero-order valence-electron chi connectivity index (χ0n) is 14.5. The molecule has 0 unspecified atom stereocenters. The number of nitrogens with zero attached hydrogens (tertiary/aromatic N) is 1. The summed E-state index contributed by atoms with van der Waals surface area (Å²) in [4.78, 5) is 31.9. The van der Waals surface area contributed by atoms with Gasteiger partial charge in [-0.3, -0.25) is 19.5 Å². The summed E-state index contributed by atoms with van der Waals surface area (Å²) in [6.45, 7) is 9.93. The zero-order valence-corrected chi connectivity index (χ0v) is 15.3. The van der Waals surface area contributed by atoms with Crippen LogP contribution in [0.3, 0.4) is 0 Å². The van der Waals surface area contributed by atoms with E-state index in [1.54, 1.807) is 18.2 Å². The monoisotopic (exact) mass is 348 g/mol. The van der Waals surface area contributed by atoms with Crippen molar-refractivity contribution in [2.24, 2.45) is 0 Å². The van der Waals surface area contributed by atoms with Crippen LogP contribution >= 0.6 is 12.2 Å². The first-order valence-corrected chi connectivity index (χ1v) is 8.50. The summed E-state index contributed by atoms with van der Waals surface area (Å²) < 4.78 is 0.245. The molecule has 0 aliphatic carbocycles. The molecule has 2 rings (SSSR count). The molecule has 0 atom stereocenters. The van der Waals surface area contributed by atoms with E-state index in [0.29, 0.717) is 35.1 Å². The van der Waals surface area contributed by atoms with E-state index >= 15 is 0 Å². The van der Waals surface area contributed by atoms with Gasteiger partial charge in [0.05, 0.1) is 10.9 Å². The molecule has 0 saturated heterocycles. The highest BCUT2D eigenvalue weighted by atomic mass is 32.1. The Kier molecular flexibility index (Phi) is 5.90. The summed E-state index contributed by atoms with van der Waals surface area (Å²) in [7, 11) is 0. The van der Waals surface area contributed by atoms with Crippen molar-refractivity contribution in [1.82, 2.24) is 20.2 Å². The number of carbonyl (C=O) groups is 1. The number of benzene rings is 1. The van der Waals surface area contributed by atoms with E-state index in [4.69, 9.17) is 12.2 Å². The van der Waals surface area contributed by atoms with Gasteiger partial charge in [-0.25, -0.2) is 0 Å². The molecule has 0 aliphatic heterocycles. The Hall–Kier alpha value is -1.99. The average molecular weight is 348 g/mol. The van der Waals surface area contributed by atoms with Crippen molar-refractivity contribution in [3.05, 3.63) is 38.9 Å². The Labute approximate surface area is 146 Å². The first-order valence-electron chi connectivity index (χ1n) is 8.10. The van der Waals surface area contributed by atoms with E-state index in [1.165, 1.54) is 0 Å². The molecule has 0 radical (unpaired) electrons. The molecule has 1 amide bonds. The van der Waals surface area contributed by atoms with Crippen LogP contribution in [0.1, 0.15) is 38.1 Å². The van der Waals surface area contributed by atoms with Gasteiger partial charge in [-0.05, 0) is 58.1 Å². The molecule has 6 nitrogen and oxygen atoms in total. The maximum Gasteiger partial charge on any atom is 0.259 e. The molecule has 130 valence electrons. The standard InChI is InChI=1S/C17H24N4O2S/c1-10(2)21(11(3)4)8-7-18-15(22)12-5-6-13-14(9-12)19-17(24)20-16(13)23/h5-6,9-11H,7-8H2,1-4H3,(H,18,22)(H2,19,20,23,24). The van der Waals surface area contributed by atoms with Crippen molar-refractivity contribution in [3.8, 4) is 0 Å². The SMILES string of the molecule is CC(C)N(CCNC(=O)c1ccc2c(=O)[nH]c(=S)[nH]c2c1)C(C)C. The van der Waals surface area contributed by atoms with Crippen LogP contribution in [0.2, 0.25) is 0 Å². The van der Waals surface area contributed by atoms with Crippen molar-refractivity contribution in [2.75, 3.05) is 13.1 Å². The quantitative estimate of drug-likeness (QED) is 0.701. The smallest absolute Gasteiger partial charge is 0.259 e. The van der Waals surface area contributed by atoms with Crippen LogP contribution in [0.15, 0.2) is 23.0 Å². The van der Waals surface area contributed by atoms with Crippen molar-refractivity contribution in [2.45, 2.75) is 39.8 Å². The minimum Gasteiger partial charge on any atom is -0.351 e. The minimum absolute atomic E-state index is 0.163. The number of hydrogen-bond acceptors (Lipinski definition) is 4. The maximum absolute atomic E-state index is 12.3. The number of amides is 1. The Morgan fingerprint density at radius 2 is 1.88 bits per heavy atom. The lowest BCUT2D eigenvalue weighted by Crippen LogP contribution is -2.42. The minimum atomic E-state index is -0.259. The number of H-pyrrole nitrogens is 2. The van der Waals surface area contributed by atoms with E-state index in [-0.39, 0.29) is 16.2 Å². The van der Waals surface area contributed by atoms with E-state index in [0.717, 1.165) is 6.54 Å². The van der Waals surface area contributed by atoms with Crippen molar-refractivity contribution in [3.63, 3.8) is 0 Å². The number of nitrogens with one attached hydrogen (secondary N) is 3. The fourth-order valence-electron chi connectivity index (χ4n) is 2.82. The molecule has 0 fully saturated rings. The number of rotatable bonds is 6. The summed E-state index contributed by atoms with van der Waals surface area (Å²) in [6.07, 6.45) is 0. The van der Waals surface area contributed by atoms with Crippen LogP contribution < -0.4 is 10.9 Å². The summed E-state index contributed by atoms with van der Waals surface area (Å²) in [5, 5.41) is 3.40. The summed E-state index contributed by atoms with van der Waals surface area (Å²) >= 11 is 4.97. The van der Waals surface area contributed by atoms with Gasteiger partial charge in [-0.15, -0.1) is 0 Å². The molecule has 1 aromatic carbocycles. The van der Waals surface area contributed by atoms with Gasteiger partial charge in [0.2, 0.25) is 0 Å². The third kappa shape index (κ3) is 4.30. The van der Waals surface area contributed by atoms with Gasteiger partial charge >= 0.3 is 0 Å². The Morgan fingerprint density at radius 3 is 2.50 bits per heavy atom. The molecule has 0 spiro atoms. The molecule has 2 aromatic rings. The van der Waals surface area contributed by atoms with Crippen LogP contribution in [0.5, 0.6) is 0 Å². The fourth-order valence-corrected chi connectivity index (χ4v) is 3.03. The molecular formula is C17H24N4O2S. The third-order valence-corrected chi connectivity index (χ3v) is 4.19. The van der Waals surface area contributed by atoms with E-state index in [1.807, 2.05) is 0 Å². The molecule has 1 heterocycles. The first-order chi connectivity index (χ1) is 11.3. The normalized spacial score (nSPS) is 11.6. The zero-order chi connectivity index (χ0) is 17.9. The summed E-state index contributed by atoms with van der Waals surface area (Å²) in [5.41, 5.74) is 0.798. The second-order valence-electron chi connectivity index (χ2n) is 6.35. The van der Waals surface area contributed by atoms with Gasteiger partial charge in [0, 0.05) is 30.7 Å². The van der Waals surface area contributed by atoms with Crippen molar-refractivity contribution >= 4 is 29.0 Å². The van der Waals surface area contributed by atoms with Gasteiger partial charge in [0.15, 0.2) is 4.77 Å². The Balaban J connectivity index is 2.09. The van der Waals surface area contributed by atoms with Gasteiger partial charge < -0.3 is 10.3 Å². The van der Waals surface area contributed by atoms with Crippen molar-refractivity contribution in [1.29, 1.82) is 0 Å². The lowest BCUT2D eigenvalue weighted by molar-refractivity contribution is 0.0939. The summed E-state index contributed by atoms with van der Waals surface area (Å²) in [6, 6.07) is 5.78. The van der Waals surface area contributed by atoms with E-state index in [9.17, 15) is 9.59 Å². The van der Waals surface area contributed by atoms with Gasteiger partial charge in [-0.1, -0.05) is 0 Å². The van der Waals surface area contributed by atoms with Crippen LogP contribution in [-0.2, 0) is 0 Å². The maximum atomic E-state index is 12.3. The topological polar surface area (TPSA) is 81.0 Å². The highest BCUT2D eigenvalue weighted by molar-refractivity contribution is 7.71. The molecule has 1 aromatic heterocycles. The molecule has 0 aliphatic rings. The predicted molar refractivity (Wildman–Crippen MR) is 99.1 cm³/mol. The van der Waals surface area contributed by atoms with E-state index < -0.39 is 0 Å². The highest BCUT2D eigenvalue weighted by Gasteiger charge is 2.14. The van der Waals surface area contributed by atoms with Gasteiger partial charge in [0.25, 0.3) is 11.5 Å². The molecular weight excluding hydrogens is 324 g/mol.